The summed E-state index contributed by atoms with van der Waals surface area (Å²) in [4.78, 5) is 26.1. The minimum atomic E-state index is -4.95. The summed E-state index contributed by atoms with van der Waals surface area (Å²) in [5.41, 5.74) is -2.46. The average Bonchev–Trinajstić information content (AvgIpc) is 3.40. The van der Waals surface area contributed by atoms with Gasteiger partial charge in [-0.3, -0.25) is 14.7 Å². The topological polar surface area (TPSA) is 76.0 Å². The van der Waals surface area contributed by atoms with E-state index in [9.17, 15) is 40.3 Å². The van der Waals surface area contributed by atoms with Gasteiger partial charge in [-0.25, -0.2) is 17.6 Å². The van der Waals surface area contributed by atoms with Crippen molar-refractivity contribution in [3.05, 3.63) is 93.1 Å². The Morgan fingerprint density at radius 3 is 2.52 bits per heavy atom. The fraction of sp³-hybridized carbons (Fsp3) is 0.160. The Balaban J connectivity index is 0.00000370. The average molecular weight is 682 g/mol. The molecule has 0 saturated heterocycles. The fourth-order valence-corrected chi connectivity index (χ4v) is 4.62. The Morgan fingerprint density at radius 2 is 1.85 bits per heavy atom. The molecular formula is C25H13CdClF7N4O2-. The summed E-state index contributed by atoms with van der Waals surface area (Å²) < 4.78 is 94.8. The molecule has 204 valence electrons. The van der Waals surface area contributed by atoms with Crippen LogP contribution in [0.5, 0.6) is 0 Å². The maximum atomic E-state index is 14.1. The standard InChI is InChI=1S/C25H13ClF7N4O2.Cd/c26-16-2-1-12(27)6-14(16)22-21-17(35-23(38)10-3-11(25(31,32)33)5-13(28)4-10)7-18-15(20(21)24(39)36-22)8-34-37(18)9-19(29)30;/h1-7,19,22H,9H2,(H,35,38)(H,36,39);/q-1;/t22-;/m0./s1. The maximum absolute atomic E-state index is 14.1. The largest absolute Gasteiger partial charge is 0.416 e. The van der Waals surface area contributed by atoms with E-state index in [1.54, 1.807) is 0 Å². The van der Waals surface area contributed by atoms with Crippen molar-refractivity contribution in [3.8, 4) is 0 Å². The second-order valence-electron chi connectivity index (χ2n) is 8.54. The van der Waals surface area contributed by atoms with E-state index in [0.717, 1.165) is 16.8 Å². The molecule has 4 aromatic rings. The number of alkyl halides is 5. The molecule has 1 aliphatic heterocycles. The zero-order valence-corrected chi connectivity index (χ0v) is 24.6. The van der Waals surface area contributed by atoms with Gasteiger partial charge in [-0.05, 0) is 59.2 Å². The number of aromatic nitrogens is 2. The van der Waals surface area contributed by atoms with Gasteiger partial charge >= 0.3 is 6.18 Å². The van der Waals surface area contributed by atoms with Gasteiger partial charge in [0.2, 0.25) is 0 Å². The SMILES string of the molecule is O=C(Nc1cc2c([c-]nn2CC(F)F)c2c1[C@H](c1cc(F)ccc1Cl)NC2=O)c1cc(F)cc(C(F)(F)F)c1.[Cd]. The van der Waals surface area contributed by atoms with Gasteiger partial charge in [-0.15, -0.1) is 5.39 Å². The molecule has 0 spiro atoms. The number of rotatable bonds is 5. The van der Waals surface area contributed by atoms with Gasteiger partial charge in [-0.1, -0.05) is 23.2 Å². The minimum absolute atomic E-state index is 0. The number of carbonyl (C=O) groups excluding carboxylic acids is 2. The number of hydrogen-bond acceptors (Lipinski definition) is 3. The summed E-state index contributed by atoms with van der Waals surface area (Å²) in [5.74, 6) is -4.00. The molecule has 2 heterocycles. The third-order valence-electron chi connectivity index (χ3n) is 6.01. The summed E-state index contributed by atoms with van der Waals surface area (Å²) in [6.07, 6.45) is -5.32. The minimum Gasteiger partial charge on any atom is -0.352 e. The van der Waals surface area contributed by atoms with Gasteiger partial charge in [-0.2, -0.15) is 13.2 Å². The van der Waals surface area contributed by atoms with E-state index in [-0.39, 0.29) is 71.7 Å². The van der Waals surface area contributed by atoms with E-state index in [4.69, 9.17) is 11.6 Å². The molecule has 0 saturated carbocycles. The monoisotopic (exact) mass is 683 g/mol. The first-order chi connectivity index (χ1) is 18.3. The molecule has 6 nitrogen and oxygen atoms in total. The Kier molecular flexibility index (Phi) is 8.18. The zero-order valence-electron chi connectivity index (χ0n) is 19.8. The molecule has 5 rings (SSSR count). The molecule has 1 aromatic heterocycles. The fourth-order valence-electron chi connectivity index (χ4n) is 4.40. The van der Waals surface area contributed by atoms with E-state index < -0.39 is 59.8 Å². The zero-order chi connectivity index (χ0) is 28.2. The maximum Gasteiger partial charge on any atom is 0.416 e. The molecule has 0 fully saturated rings. The van der Waals surface area contributed by atoms with Gasteiger partial charge in [0.25, 0.3) is 12.3 Å². The molecule has 15 heteroatoms. The van der Waals surface area contributed by atoms with E-state index in [0.29, 0.717) is 12.1 Å². The number of benzene rings is 3. The van der Waals surface area contributed by atoms with Crippen LogP contribution in [0.4, 0.5) is 36.4 Å². The smallest absolute Gasteiger partial charge is 0.352 e. The molecule has 0 radical (unpaired) electrons. The number of halogens is 8. The van der Waals surface area contributed by atoms with Gasteiger partial charge in [0.1, 0.15) is 11.6 Å². The molecule has 0 unspecified atom stereocenters. The summed E-state index contributed by atoms with van der Waals surface area (Å²) in [6, 6.07) is 4.54. The molecular weight excluding hydrogens is 669 g/mol. The van der Waals surface area contributed by atoms with Crippen LogP contribution in [-0.4, -0.2) is 28.0 Å². The van der Waals surface area contributed by atoms with Crippen molar-refractivity contribution in [2.75, 3.05) is 5.32 Å². The van der Waals surface area contributed by atoms with E-state index in [1.165, 1.54) is 12.1 Å². The van der Waals surface area contributed by atoms with Crippen molar-refractivity contribution >= 4 is 40.0 Å². The van der Waals surface area contributed by atoms with Crippen molar-refractivity contribution in [1.29, 1.82) is 0 Å². The quantitative estimate of drug-likeness (QED) is 0.151. The van der Waals surface area contributed by atoms with E-state index in [2.05, 4.69) is 21.9 Å². The second-order valence-corrected chi connectivity index (χ2v) is 8.95. The molecule has 40 heavy (non-hydrogen) atoms. The third kappa shape index (κ3) is 5.53. The van der Waals surface area contributed by atoms with Gasteiger partial charge in [0, 0.05) is 43.6 Å². The van der Waals surface area contributed by atoms with E-state index >= 15 is 0 Å². The predicted octanol–water partition coefficient (Wildman–Crippen LogP) is 6.13. The molecule has 1 atom stereocenters. The molecule has 2 amide bonds. The van der Waals surface area contributed by atoms with Gasteiger partial charge < -0.3 is 15.3 Å². The van der Waals surface area contributed by atoms with E-state index in [1.807, 2.05) is 0 Å². The van der Waals surface area contributed by atoms with Crippen molar-refractivity contribution in [2.45, 2.75) is 25.2 Å². The Bertz CT molecular complexity index is 1660. The number of amides is 2. The molecule has 0 aliphatic carbocycles. The first kappa shape index (κ1) is 29.8. The van der Waals surface area contributed by atoms with Crippen LogP contribution in [0.25, 0.3) is 10.9 Å². The number of nitrogens with zero attached hydrogens (tertiary/aromatic N) is 2. The molecule has 0 bridgehead atoms. The summed E-state index contributed by atoms with van der Waals surface area (Å²) in [7, 11) is 0. The summed E-state index contributed by atoms with van der Waals surface area (Å²) in [6.45, 7) is -0.897. The number of fused-ring (bicyclic) bond motifs is 3. The van der Waals surface area contributed by atoms with Crippen LogP contribution in [0.3, 0.4) is 0 Å². The number of anilines is 1. The normalized spacial score (nSPS) is 14.7. The molecule has 1 aliphatic rings. The van der Waals surface area contributed by atoms with Gasteiger partial charge in [0.15, 0.2) is 5.91 Å². The van der Waals surface area contributed by atoms with Gasteiger partial charge in [0.05, 0.1) is 18.2 Å². The Hall–Kier alpha value is -3.21. The second kappa shape index (κ2) is 11.0. The predicted molar refractivity (Wildman–Crippen MR) is 125 cm³/mol. The van der Waals surface area contributed by atoms with Crippen LogP contribution < -0.4 is 10.6 Å². The number of carbonyl (C=O) groups is 2. The summed E-state index contributed by atoms with van der Waals surface area (Å²) >= 11 is 6.24. The number of nitrogens with one attached hydrogen (secondary N) is 2. The van der Waals surface area contributed by atoms with Crippen molar-refractivity contribution < 1.29 is 67.6 Å². The van der Waals surface area contributed by atoms with Crippen LogP contribution in [0.15, 0.2) is 42.5 Å². The molecule has 3 aromatic carbocycles. The first-order valence-corrected chi connectivity index (χ1v) is 11.4. The Morgan fingerprint density at radius 1 is 1.12 bits per heavy atom. The molecule has 2 N–H and O–H groups in total. The first-order valence-electron chi connectivity index (χ1n) is 11.0. The van der Waals surface area contributed by atoms with Crippen molar-refractivity contribution in [2.24, 2.45) is 0 Å². The summed E-state index contributed by atoms with van der Waals surface area (Å²) in [5, 5.41) is 8.72. The Labute approximate surface area is 245 Å². The third-order valence-corrected chi connectivity index (χ3v) is 6.36. The van der Waals surface area contributed by atoms with Crippen molar-refractivity contribution in [3.63, 3.8) is 0 Å². The van der Waals surface area contributed by atoms with Crippen LogP contribution in [0, 0.1) is 17.8 Å². The van der Waals surface area contributed by atoms with Crippen LogP contribution in [-0.2, 0) is 40.0 Å². The van der Waals surface area contributed by atoms with Crippen molar-refractivity contribution in [1.82, 2.24) is 15.1 Å². The van der Waals surface area contributed by atoms with Crippen LogP contribution in [0.2, 0.25) is 5.02 Å². The number of hydrogen-bond donors (Lipinski definition) is 2. The van der Waals surface area contributed by atoms with Crippen LogP contribution >= 0.6 is 11.6 Å². The van der Waals surface area contributed by atoms with Crippen LogP contribution in [0.1, 0.15) is 43.4 Å².